The second kappa shape index (κ2) is 13.0. The first-order valence-corrected chi connectivity index (χ1v) is 7.27. The van der Waals surface area contributed by atoms with Gasteiger partial charge in [-0.3, -0.25) is 0 Å². The van der Waals surface area contributed by atoms with Gasteiger partial charge >= 0.3 is 0 Å². The maximum Gasteiger partial charge on any atom is -0.00717 e. The van der Waals surface area contributed by atoms with Gasteiger partial charge in [-0.2, -0.15) is 0 Å². The van der Waals surface area contributed by atoms with Crippen LogP contribution >= 0.6 is 0 Å². The summed E-state index contributed by atoms with van der Waals surface area (Å²) in [6.45, 7) is 2.98. The third-order valence-corrected chi connectivity index (χ3v) is 3.30. The van der Waals surface area contributed by atoms with E-state index in [2.05, 4.69) is 12.2 Å². The zero-order valence-corrected chi connectivity index (χ0v) is 11.7. The fraction of sp³-hybridized carbons (Fsp3) is 0.857. The average molecular weight is 256 g/mol. The van der Waals surface area contributed by atoms with Crippen LogP contribution in [0.15, 0.2) is 12.2 Å². The molecule has 0 saturated carbocycles. The van der Waals surface area contributed by atoms with Crippen molar-refractivity contribution in [2.45, 2.75) is 38.5 Å². The molecule has 1 unspecified atom stereocenters. The van der Waals surface area contributed by atoms with Gasteiger partial charge in [-0.05, 0) is 70.1 Å². The van der Waals surface area contributed by atoms with Crippen LogP contribution in [0.1, 0.15) is 38.5 Å². The van der Waals surface area contributed by atoms with Crippen LogP contribution in [0.2, 0.25) is 0 Å². The molecule has 0 radical (unpaired) electrons. The summed E-state index contributed by atoms with van der Waals surface area (Å²) in [5, 5.41) is 0. The monoisotopic (exact) mass is 256 g/mol. The van der Waals surface area contributed by atoms with E-state index in [0.717, 1.165) is 51.9 Å². The second-order valence-corrected chi connectivity index (χ2v) is 4.92. The van der Waals surface area contributed by atoms with Crippen molar-refractivity contribution in [1.29, 1.82) is 0 Å². The first-order valence-electron chi connectivity index (χ1n) is 7.27. The Morgan fingerprint density at radius 3 is 1.39 bits per heavy atom. The Bertz CT molecular complexity index is 188. The molecule has 4 heteroatoms. The molecule has 8 N–H and O–H groups in total. The van der Waals surface area contributed by atoms with Crippen molar-refractivity contribution in [3.8, 4) is 0 Å². The molecule has 0 aromatic carbocycles. The van der Waals surface area contributed by atoms with Gasteiger partial charge < -0.3 is 22.9 Å². The molecule has 4 nitrogen and oxygen atoms in total. The SMILES string of the molecule is NCCCCC(/C=C/C(CCN)CCN)CCN. The zero-order valence-electron chi connectivity index (χ0n) is 11.7. The molecule has 0 heterocycles. The van der Waals surface area contributed by atoms with Crippen molar-refractivity contribution in [3.63, 3.8) is 0 Å². The molecular formula is C14H32N4. The molecule has 18 heavy (non-hydrogen) atoms. The highest BCUT2D eigenvalue weighted by Crippen LogP contribution is 2.17. The fourth-order valence-electron chi connectivity index (χ4n) is 2.18. The van der Waals surface area contributed by atoms with Gasteiger partial charge in [-0.25, -0.2) is 0 Å². The fourth-order valence-corrected chi connectivity index (χ4v) is 2.18. The predicted molar refractivity (Wildman–Crippen MR) is 80.0 cm³/mol. The van der Waals surface area contributed by atoms with E-state index in [0.29, 0.717) is 11.8 Å². The molecule has 0 aliphatic carbocycles. The van der Waals surface area contributed by atoms with Crippen molar-refractivity contribution in [3.05, 3.63) is 12.2 Å². The van der Waals surface area contributed by atoms with Gasteiger partial charge in [0.25, 0.3) is 0 Å². The summed E-state index contributed by atoms with van der Waals surface area (Å²) in [6.07, 6.45) is 11.2. The van der Waals surface area contributed by atoms with Crippen LogP contribution in [0.4, 0.5) is 0 Å². The number of hydrogen-bond acceptors (Lipinski definition) is 4. The number of rotatable bonds is 12. The van der Waals surface area contributed by atoms with E-state index >= 15 is 0 Å². The summed E-state index contributed by atoms with van der Waals surface area (Å²) in [6, 6.07) is 0. The maximum atomic E-state index is 5.66. The maximum absolute atomic E-state index is 5.66. The summed E-state index contributed by atoms with van der Waals surface area (Å²) in [4.78, 5) is 0. The van der Waals surface area contributed by atoms with Crippen molar-refractivity contribution in [2.75, 3.05) is 26.2 Å². The Hall–Kier alpha value is -0.420. The second-order valence-electron chi connectivity index (χ2n) is 4.92. The van der Waals surface area contributed by atoms with Crippen LogP contribution in [-0.4, -0.2) is 26.2 Å². The Morgan fingerprint density at radius 1 is 0.556 bits per heavy atom. The number of nitrogens with two attached hydrogens (primary N) is 4. The molecule has 0 fully saturated rings. The minimum atomic E-state index is 0.523. The zero-order chi connectivity index (χ0) is 13.6. The Kier molecular flexibility index (Phi) is 12.7. The molecule has 1 atom stereocenters. The molecule has 0 saturated heterocycles. The lowest BCUT2D eigenvalue weighted by molar-refractivity contribution is 0.505. The van der Waals surface area contributed by atoms with Crippen molar-refractivity contribution in [2.24, 2.45) is 34.8 Å². The first kappa shape index (κ1) is 17.6. The van der Waals surface area contributed by atoms with Gasteiger partial charge in [0.2, 0.25) is 0 Å². The molecule has 0 aromatic heterocycles. The lowest BCUT2D eigenvalue weighted by atomic mass is 9.94. The Labute approximate surface area is 112 Å². The lowest BCUT2D eigenvalue weighted by Crippen LogP contribution is -2.13. The molecule has 0 bridgehead atoms. The van der Waals surface area contributed by atoms with Crippen LogP contribution in [-0.2, 0) is 0 Å². The highest BCUT2D eigenvalue weighted by Gasteiger charge is 2.06. The van der Waals surface area contributed by atoms with Crippen LogP contribution < -0.4 is 22.9 Å². The van der Waals surface area contributed by atoms with E-state index in [9.17, 15) is 0 Å². The third kappa shape index (κ3) is 9.59. The first-order chi connectivity index (χ1) is 8.78. The topological polar surface area (TPSA) is 104 Å². The minimum absolute atomic E-state index is 0.523. The van der Waals surface area contributed by atoms with Crippen molar-refractivity contribution < 1.29 is 0 Å². The lowest BCUT2D eigenvalue weighted by Gasteiger charge is -2.14. The molecule has 0 aromatic rings. The van der Waals surface area contributed by atoms with Crippen LogP contribution in [0, 0.1) is 11.8 Å². The highest BCUT2D eigenvalue weighted by molar-refractivity contribution is 4.93. The van der Waals surface area contributed by atoms with Gasteiger partial charge in [0.15, 0.2) is 0 Å². The number of unbranched alkanes of at least 4 members (excludes halogenated alkanes) is 1. The van der Waals surface area contributed by atoms with E-state index in [1.807, 2.05) is 0 Å². The number of allylic oxidation sites excluding steroid dienone is 2. The van der Waals surface area contributed by atoms with Gasteiger partial charge in [0.05, 0.1) is 0 Å². The standard InChI is InChI=1S/C14H32N4/c15-9-2-1-3-13(6-10-16)4-5-14(7-11-17)8-12-18/h4-5,13-14H,1-3,6-12,15-18H2/b5-4+. The predicted octanol–water partition coefficient (Wildman–Crippen LogP) is 0.950. The van der Waals surface area contributed by atoms with Gasteiger partial charge in [-0.15, -0.1) is 0 Å². The normalized spacial score (nSPS) is 13.6. The van der Waals surface area contributed by atoms with Crippen molar-refractivity contribution >= 4 is 0 Å². The molecule has 0 aliphatic heterocycles. The Morgan fingerprint density at radius 2 is 1.00 bits per heavy atom. The molecule has 0 amide bonds. The van der Waals surface area contributed by atoms with Crippen LogP contribution in [0.25, 0.3) is 0 Å². The van der Waals surface area contributed by atoms with E-state index in [-0.39, 0.29) is 0 Å². The highest BCUT2D eigenvalue weighted by atomic mass is 14.5. The van der Waals surface area contributed by atoms with Crippen molar-refractivity contribution in [1.82, 2.24) is 0 Å². The van der Waals surface area contributed by atoms with E-state index in [1.54, 1.807) is 0 Å². The van der Waals surface area contributed by atoms with Crippen LogP contribution in [0.3, 0.4) is 0 Å². The van der Waals surface area contributed by atoms with Gasteiger partial charge in [-0.1, -0.05) is 18.6 Å². The van der Waals surface area contributed by atoms with Gasteiger partial charge in [0.1, 0.15) is 0 Å². The third-order valence-electron chi connectivity index (χ3n) is 3.30. The molecule has 0 aliphatic rings. The van der Waals surface area contributed by atoms with E-state index < -0.39 is 0 Å². The molecule has 0 rings (SSSR count). The van der Waals surface area contributed by atoms with Gasteiger partial charge in [0, 0.05) is 0 Å². The van der Waals surface area contributed by atoms with Crippen LogP contribution in [0.5, 0.6) is 0 Å². The van der Waals surface area contributed by atoms with E-state index in [1.165, 1.54) is 12.8 Å². The molecule has 0 spiro atoms. The summed E-state index contributed by atoms with van der Waals surface area (Å²) in [5.41, 5.74) is 22.4. The molecule has 108 valence electrons. The largest absolute Gasteiger partial charge is 0.330 e. The Balaban J connectivity index is 4.14. The summed E-state index contributed by atoms with van der Waals surface area (Å²) >= 11 is 0. The summed E-state index contributed by atoms with van der Waals surface area (Å²) in [7, 11) is 0. The smallest absolute Gasteiger partial charge is 0.00717 e. The summed E-state index contributed by atoms with van der Waals surface area (Å²) in [5.74, 6) is 1.11. The quantitative estimate of drug-likeness (QED) is 0.308. The van der Waals surface area contributed by atoms with E-state index in [4.69, 9.17) is 22.9 Å². The average Bonchev–Trinajstić information content (AvgIpc) is 2.36. The number of hydrogen-bond donors (Lipinski definition) is 4. The minimum Gasteiger partial charge on any atom is -0.330 e. The molecular weight excluding hydrogens is 224 g/mol. The summed E-state index contributed by atoms with van der Waals surface area (Å²) < 4.78 is 0.